The van der Waals surface area contributed by atoms with Crippen molar-refractivity contribution in [2.45, 2.75) is 59.1 Å². The minimum atomic E-state index is -0.504. The van der Waals surface area contributed by atoms with Crippen molar-refractivity contribution in [2.75, 3.05) is 32.7 Å². The first-order valence-electron chi connectivity index (χ1n) is 10.3. The topological polar surface area (TPSA) is 61.9 Å². The Morgan fingerprint density at radius 2 is 1.86 bits per heavy atom. The number of carbonyl (C=O) groups excluding carboxylic acids is 2. The number of nitrogens with one attached hydrogen (secondary N) is 1. The van der Waals surface area contributed by atoms with Crippen LogP contribution in [0.2, 0.25) is 0 Å². The summed E-state index contributed by atoms with van der Waals surface area (Å²) in [6.45, 7) is 12.5. The Kier molecular flexibility index (Phi) is 8.30. The highest BCUT2D eigenvalue weighted by Gasteiger charge is 2.20. The van der Waals surface area contributed by atoms with Crippen LogP contribution in [0.25, 0.3) is 0 Å². The maximum atomic E-state index is 12.5. The van der Waals surface area contributed by atoms with Gasteiger partial charge >= 0.3 is 6.09 Å². The molecule has 0 atom stereocenters. The largest absolute Gasteiger partial charge is 0.444 e. The Hall–Kier alpha value is -2.08. The summed E-state index contributed by atoms with van der Waals surface area (Å²) in [6, 6.07) is 8.48. The average Bonchev–Trinajstić information content (AvgIpc) is 2.85. The average molecular weight is 390 g/mol. The lowest BCUT2D eigenvalue weighted by atomic mass is 10.1. The Morgan fingerprint density at radius 3 is 2.57 bits per heavy atom. The summed E-state index contributed by atoms with van der Waals surface area (Å²) in [5.41, 5.74) is 2.17. The summed E-state index contributed by atoms with van der Waals surface area (Å²) in [4.78, 5) is 28.5. The summed E-state index contributed by atoms with van der Waals surface area (Å²) in [6.07, 6.45) is 1.64. The molecule has 0 saturated carbocycles. The zero-order chi connectivity index (χ0) is 20.6. The zero-order valence-corrected chi connectivity index (χ0v) is 17.8. The van der Waals surface area contributed by atoms with Crippen LogP contribution in [0.5, 0.6) is 0 Å². The summed E-state index contributed by atoms with van der Waals surface area (Å²) in [7, 11) is 0. The van der Waals surface area contributed by atoms with E-state index in [0.717, 1.165) is 39.1 Å². The van der Waals surface area contributed by atoms with Gasteiger partial charge in [0.2, 0.25) is 5.91 Å². The molecule has 1 fully saturated rings. The Bertz CT molecular complexity index is 655. The first kappa shape index (κ1) is 22.2. The van der Waals surface area contributed by atoms with E-state index in [1.807, 2.05) is 25.7 Å². The summed E-state index contributed by atoms with van der Waals surface area (Å²) in [5, 5.41) is 2.71. The van der Waals surface area contributed by atoms with Gasteiger partial charge in [-0.2, -0.15) is 0 Å². The van der Waals surface area contributed by atoms with E-state index in [1.165, 1.54) is 11.1 Å². The normalized spacial score (nSPS) is 15.8. The van der Waals surface area contributed by atoms with Crippen molar-refractivity contribution < 1.29 is 14.3 Å². The van der Waals surface area contributed by atoms with E-state index in [0.29, 0.717) is 19.4 Å². The molecule has 156 valence electrons. The summed E-state index contributed by atoms with van der Waals surface area (Å²) in [5.74, 6) is 0.170. The molecule has 1 aliphatic heterocycles. The summed E-state index contributed by atoms with van der Waals surface area (Å²) < 4.78 is 5.20. The SMILES string of the molecule is Cc1ccccc1CN1CCCN(C(=O)CCCNC(=O)OC(C)(C)C)CC1. The van der Waals surface area contributed by atoms with Crippen molar-refractivity contribution in [2.24, 2.45) is 0 Å². The second-order valence-corrected chi connectivity index (χ2v) is 8.47. The highest BCUT2D eigenvalue weighted by Crippen LogP contribution is 2.13. The van der Waals surface area contributed by atoms with Crippen molar-refractivity contribution in [3.05, 3.63) is 35.4 Å². The standard InChI is InChI=1S/C22H35N3O3/c1-18-9-5-6-10-19(18)17-24-13-8-14-25(16-15-24)20(26)11-7-12-23-21(27)28-22(2,3)4/h5-6,9-10H,7-8,11-17H2,1-4H3,(H,23,27). The van der Waals surface area contributed by atoms with Crippen molar-refractivity contribution in [3.8, 4) is 0 Å². The Morgan fingerprint density at radius 1 is 1.11 bits per heavy atom. The molecule has 2 amide bonds. The van der Waals surface area contributed by atoms with Crippen LogP contribution >= 0.6 is 0 Å². The predicted molar refractivity (Wildman–Crippen MR) is 111 cm³/mol. The van der Waals surface area contributed by atoms with E-state index < -0.39 is 11.7 Å². The van der Waals surface area contributed by atoms with Gasteiger partial charge in [0.05, 0.1) is 0 Å². The van der Waals surface area contributed by atoms with Crippen LogP contribution in [0, 0.1) is 6.92 Å². The number of alkyl carbamates (subject to hydrolysis) is 1. The number of amides is 2. The molecule has 0 aromatic heterocycles. The molecule has 0 bridgehead atoms. The van der Waals surface area contributed by atoms with Gasteiger partial charge in [-0.3, -0.25) is 9.69 Å². The fraction of sp³-hybridized carbons (Fsp3) is 0.636. The fourth-order valence-corrected chi connectivity index (χ4v) is 3.31. The molecule has 0 spiro atoms. The zero-order valence-electron chi connectivity index (χ0n) is 17.8. The Labute approximate surface area is 169 Å². The molecule has 1 heterocycles. The number of aryl methyl sites for hydroxylation is 1. The predicted octanol–water partition coefficient (Wildman–Crippen LogP) is 3.33. The third-order valence-corrected chi connectivity index (χ3v) is 4.83. The number of nitrogens with zero attached hydrogens (tertiary/aromatic N) is 2. The quantitative estimate of drug-likeness (QED) is 0.758. The van der Waals surface area contributed by atoms with Gasteiger partial charge in [-0.1, -0.05) is 24.3 Å². The smallest absolute Gasteiger partial charge is 0.407 e. The van der Waals surface area contributed by atoms with E-state index in [-0.39, 0.29) is 5.91 Å². The van der Waals surface area contributed by atoms with Crippen molar-refractivity contribution in [3.63, 3.8) is 0 Å². The van der Waals surface area contributed by atoms with E-state index >= 15 is 0 Å². The molecular formula is C22H35N3O3. The molecule has 28 heavy (non-hydrogen) atoms. The van der Waals surface area contributed by atoms with E-state index in [4.69, 9.17) is 4.74 Å². The van der Waals surface area contributed by atoms with Gasteiger partial charge in [0, 0.05) is 45.7 Å². The Balaban J connectivity index is 1.69. The number of carbonyl (C=O) groups is 2. The molecule has 1 N–H and O–H groups in total. The lowest BCUT2D eigenvalue weighted by molar-refractivity contribution is -0.131. The number of hydrogen-bond acceptors (Lipinski definition) is 4. The maximum absolute atomic E-state index is 12.5. The number of benzene rings is 1. The first-order valence-corrected chi connectivity index (χ1v) is 10.3. The lowest BCUT2D eigenvalue weighted by Crippen LogP contribution is -2.36. The third kappa shape index (κ3) is 7.89. The van der Waals surface area contributed by atoms with Gasteiger partial charge < -0.3 is 15.0 Å². The van der Waals surface area contributed by atoms with Gasteiger partial charge in [-0.15, -0.1) is 0 Å². The minimum Gasteiger partial charge on any atom is -0.444 e. The maximum Gasteiger partial charge on any atom is 0.407 e. The van der Waals surface area contributed by atoms with Crippen LogP contribution in [0.1, 0.15) is 51.2 Å². The number of rotatable bonds is 6. The van der Waals surface area contributed by atoms with Crippen LogP contribution in [0.15, 0.2) is 24.3 Å². The molecule has 0 radical (unpaired) electrons. The molecule has 6 nitrogen and oxygen atoms in total. The van der Waals surface area contributed by atoms with Crippen molar-refractivity contribution >= 4 is 12.0 Å². The van der Waals surface area contributed by atoms with Crippen LogP contribution < -0.4 is 5.32 Å². The molecule has 1 aromatic carbocycles. The molecule has 2 rings (SSSR count). The molecule has 1 saturated heterocycles. The fourth-order valence-electron chi connectivity index (χ4n) is 3.31. The number of hydrogen-bond donors (Lipinski definition) is 1. The lowest BCUT2D eigenvalue weighted by Gasteiger charge is -2.23. The van der Waals surface area contributed by atoms with Crippen molar-refractivity contribution in [1.82, 2.24) is 15.1 Å². The molecule has 0 unspecified atom stereocenters. The van der Waals surface area contributed by atoms with Crippen LogP contribution in [-0.2, 0) is 16.1 Å². The van der Waals surface area contributed by atoms with Gasteiger partial charge in [-0.05, 0) is 51.7 Å². The van der Waals surface area contributed by atoms with Crippen molar-refractivity contribution in [1.29, 1.82) is 0 Å². The highest BCUT2D eigenvalue weighted by atomic mass is 16.6. The second kappa shape index (κ2) is 10.5. The number of ether oxygens (including phenoxy) is 1. The second-order valence-electron chi connectivity index (χ2n) is 8.47. The third-order valence-electron chi connectivity index (χ3n) is 4.83. The molecule has 6 heteroatoms. The van der Waals surface area contributed by atoms with E-state index in [2.05, 4.69) is 41.4 Å². The van der Waals surface area contributed by atoms with Gasteiger partial charge in [0.25, 0.3) is 0 Å². The van der Waals surface area contributed by atoms with Crippen LogP contribution in [0.4, 0.5) is 4.79 Å². The van der Waals surface area contributed by atoms with E-state index in [9.17, 15) is 9.59 Å². The molecule has 1 aliphatic rings. The van der Waals surface area contributed by atoms with Crippen LogP contribution in [0.3, 0.4) is 0 Å². The van der Waals surface area contributed by atoms with E-state index in [1.54, 1.807) is 0 Å². The first-order chi connectivity index (χ1) is 13.2. The monoisotopic (exact) mass is 389 g/mol. The highest BCUT2D eigenvalue weighted by molar-refractivity contribution is 5.76. The molecule has 0 aliphatic carbocycles. The molecular weight excluding hydrogens is 354 g/mol. The van der Waals surface area contributed by atoms with Crippen LogP contribution in [-0.4, -0.2) is 60.1 Å². The molecule has 1 aromatic rings. The minimum absolute atomic E-state index is 0.170. The van der Waals surface area contributed by atoms with Gasteiger partial charge in [-0.25, -0.2) is 4.79 Å². The summed E-state index contributed by atoms with van der Waals surface area (Å²) >= 11 is 0. The van der Waals surface area contributed by atoms with Gasteiger partial charge in [0.1, 0.15) is 5.60 Å². The van der Waals surface area contributed by atoms with Gasteiger partial charge in [0.15, 0.2) is 0 Å².